The van der Waals surface area contributed by atoms with Crippen LogP contribution in [0.2, 0.25) is 0 Å². The van der Waals surface area contributed by atoms with Crippen LogP contribution in [-0.4, -0.2) is 29.1 Å². The zero-order valence-corrected chi connectivity index (χ0v) is 19.9. The molecule has 4 rings (SSSR count). The van der Waals surface area contributed by atoms with Gasteiger partial charge in [-0.3, -0.25) is 9.78 Å². The van der Waals surface area contributed by atoms with Crippen LogP contribution < -0.4 is 9.64 Å². The predicted octanol–water partition coefficient (Wildman–Crippen LogP) is 6.41. The summed E-state index contributed by atoms with van der Waals surface area (Å²) < 4.78 is 5.96. The maximum atomic E-state index is 11.7. The third kappa shape index (κ3) is 5.19. The van der Waals surface area contributed by atoms with Crippen molar-refractivity contribution in [3.05, 3.63) is 71.5 Å². The lowest BCUT2D eigenvalue weighted by molar-refractivity contribution is -0.136. The van der Waals surface area contributed by atoms with E-state index in [1.165, 1.54) is 0 Å². The highest BCUT2D eigenvalue weighted by atomic mass is 16.5. The highest BCUT2D eigenvalue weighted by molar-refractivity contribution is 5.86. The van der Waals surface area contributed by atoms with E-state index in [1.54, 1.807) is 0 Å². The van der Waals surface area contributed by atoms with Crippen molar-refractivity contribution in [2.45, 2.75) is 47.0 Å². The Hall–Kier alpha value is -3.34. The predicted molar refractivity (Wildman–Crippen MR) is 132 cm³/mol. The van der Waals surface area contributed by atoms with Crippen molar-refractivity contribution in [3.63, 3.8) is 0 Å². The second kappa shape index (κ2) is 9.26. The first-order valence-corrected chi connectivity index (χ1v) is 11.5. The molecule has 5 heteroatoms. The molecule has 0 spiro atoms. The average molecular weight is 445 g/mol. The molecule has 0 aliphatic carbocycles. The second-order valence-corrected chi connectivity index (χ2v) is 9.65. The molecule has 0 radical (unpaired) electrons. The number of anilines is 1. The number of carbonyl (C=O) groups is 1. The standard InChI is InChI=1S/C28H32N2O3/c1-19-24(18-25(31)32)27(30-16-14-28(3,4)15-17-30)26(20(2)29-19)21-10-12-23(13-11-21)33-22-8-6-5-7-9-22/h5-13H,14-18H2,1-4H3,(H,31,32). The van der Waals surface area contributed by atoms with Crippen molar-refractivity contribution >= 4 is 11.7 Å². The van der Waals surface area contributed by atoms with Gasteiger partial charge in [-0.05, 0) is 61.9 Å². The van der Waals surface area contributed by atoms with Gasteiger partial charge in [-0.15, -0.1) is 0 Å². The van der Waals surface area contributed by atoms with Crippen molar-refractivity contribution in [1.29, 1.82) is 0 Å². The Morgan fingerprint density at radius 1 is 0.970 bits per heavy atom. The first-order chi connectivity index (χ1) is 15.7. The lowest BCUT2D eigenvalue weighted by Gasteiger charge is -2.40. The Bertz CT molecular complexity index is 1130. The van der Waals surface area contributed by atoms with Crippen molar-refractivity contribution in [1.82, 2.24) is 4.98 Å². The highest BCUT2D eigenvalue weighted by Crippen LogP contribution is 2.42. The zero-order valence-electron chi connectivity index (χ0n) is 19.9. The molecule has 1 fully saturated rings. The van der Waals surface area contributed by atoms with E-state index < -0.39 is 5.97 Å². The molecule has 1 aliphatic rings. The van der Waals surface area contributed by atoms with Crippen LogP contribution in [0.4, 0.5) is 5.69 Å². The molecular weight excluding hydrogens is 412 g/mol. The van der Waals surface area contributed by atoms with Gasteiger partial charge < -0.3 is 14.7 Å². The van der Waals surface area contributed by atoms with Crippen LogP contribution >= 0.6 is 0 Å². The Morgan fingerprint density at radius 2 is 1.58 bits per heavy atom. The number of hydrogen-bond acceptors (Lipinski definition) is 4. The molecule has 2 heterocycles. The summed E-state index contributed by atoms with van der Waals surface area (Å²) >= 11 is 0. The molecule has 1 saturated heterocycles. The molecule has 0 saturated carbocycles. The summed E-state index contributed by atoms with van der Waals surface area (Å²) in [7, 11) is 0. The number of nitrogens with zero attached hydrogens (tertiary/aromatic N) is 2. The molecule has 1 aliphatic heterocycles. The lowest BCUT2D eigenvalue weighted by atomic mass is 9.82. The van der Waals surface area contributed by atoms with Gasteiger partial charge >= 0.3 is 5.97 Å². The quantitative estimate of drug-likeness (QED) is 0.476. The third-order valence-electron chi connectivity index (χ3n) is 6.54. The largest absolute Gasteiger partial charge is 0.481 e. The minimum Gasteiger partial charge on any atom is -0.481 e. The van der Waals surface area contributed by atoms with Crippen LogP contribution in [0.1, 0.15) is 43.6 Å². The van der Waals surface area contributed by atoms with Gasteiger partial charge in [0.15, 0.2) is 0 Å². The maximum Gasteiger partial charge on any atom is 0.307 e. The lowest BCUT2D eigenvalue weighted by Crippen LogP contribution is -2.38. The Balaban J connectivity index is 1.76. The van der Waals surface area contributed by atoms with Gasteiger partial charge in [-0.1, -0.05) is 44.2 Å². The van der Waals surface area contributed by atoms with E-state index in [9.17, 15) is 9.90 Å². The molecule has 1 N–H and O–H groups in total. The number of piperidine rings is 1. The first-order valence-electron chi connectivity index (χ1n) is 11.5. The fourth-order valence-electron chi connectivity index (χ4n) is 4.58. The van der Waals surface area contributed by atoms with E-state index in [-0.39, 0.29) is 6.42 Å². The van der Waals surface area contributed by atoms with Crippen molar-refractivity contribution in [2.75, 3.05) is 18.0 Å². The Morgan fingerprint density at radius 3 is 2.18 bits per heavy atom. The van der Waals surface area contributed by atoms with Crippen LogP contribution in [0.5, 0.6) is 11.5 Å². The Labute approximate surface area is 196 Å². The van der Waals surface area contributed by atoms with Gasteiger partial charge in [0.25, 0.3) is 0 Å². The smallest absolute Gasteiger partial charge is 0.307 e. The van der Waals surface area contributed by atoms with Crippen LogP contribution in [-0.2, 0) is 11.2 Å². The fourth-order valence-corrected chi connectivity index (χ4v) is 4.58. The first kappa shape index (κ1) is 22.8. The molecule has 3 aromatic rings. The topological polar surface area (TPSA) is 62.7 Å². The monoisotopic (exact) mass is 444 g/mol. The number of rotatable bonds is 6. The number of carboxylic acid groups (broad SMARTS) is 1. The molecule has 0 atom stereocenters. The fraction of sp³-hybridized carbons (Fsp3) is 0.357. The summed E-state index contributed by atoms with van der Waals surface area (Å²) in [5.74, 6) is 0.716. The van der Waals surface area contributed by atoms with Crippen LogP contribution in [0, 0.1) is 19.3 Å². The summed E-state index contributed by atoms with van der Waals surface area (Å²) in [4.78, 5) is 18.9. The maximum absolute atomic E-state index is 11.7. The van der Waals surface area contributed by atoms with Gasteiger partial charge in [0.05, 0.1) is 12.1 Å². The van der Waals surface area contributed by atoms with E-state index in [4.69, 9.17) is 9.72 Å². The number of pyridine rings is 1. The second-order valence-electron chi connectivity index (χ2n) is 9.65. The molecule has 0 bridgehead atoms. The van der Waals surface area contributed by atoms with Gasteiger partial charge in [-0.2, -0.15) is 0 Å². The van der Waals surface area contributed by atoms with Gasteiger partial charge in [0.1, 0.15) is 11.5 Å². The minimum atomic E-state index is -0.833. The summed E-state index contributed by atoms with van der Waals surface area (Å²) in [5, 5.41) is 9.64. The summed E-state index contributed by atoms with van der Waals surface area (Å²) in [6.07, 6.45) is 2.11. The SMILES string of the molecule is Cc1nc(C)c(-c2ccc(Oc3ccccc3)cc2)c(N2CCC(C)(C)CC2)c1CC(=O)O. The van der Waals surface area contributed by atoms with Crippen LogP contribution in [0.3, 0.4) is 0 Å². The van der Waals surface area contributed by atoms with Crippen LogP contribution in [0.15, 0.2) is 54.6 Å². The summed E-state index contributed by atoms with van der Waals surface area (Å²) in [6, 6.07) is 17.7. The zero-order chi connectivity index (χ0) is 23.6. The van der Waals surface area contributed by atoms with Gasteiger partial charge in [0, 0.05) is 35.6 Å². The molecule has 5 nitrogen and oxygen atoms in total. The van der Waals surface area contributed by atoms with Crippen LogP contribution in [0.25, 0.3) is 11.1 Å². The number of para-hydroxylation sites is 1. The molecular formula is C28H32N2O3. The summed E-state index contributed by atoms with van der Waals surface area (Å²) in [5.41, 5.74) is 5.88. The van der Waals surface area contributed by atoms with E-state index >= 15 is 0 Å². The average Bonchev–Trinajstić information content (AvgIpc) is 2.77. The van der Waals surface area contributed by atoms with Crippen molar-refractivity contribution in [3.8, 4) is 22.6 Å². The van der Waals surface area contributed by atoms with E-state index in [0.29, 0.717) is 5.41 Å². The normalized spacial score (nSPS) is 15.3. The number of carboxylic acids is 1. The Kier molecular flexibility index (Phi) is 6.41. The molecule has 0 amide bonds. The number of aryl methyl sites for hydroxylation is 2. The third-order valence-corrected chi connectivity index (χ3v) is 6.54. The molecule has 0 unspecified atom stereocenters. The number of ether oxygens (including phenoxy) is 1. The van der Waals surface area contributed by atoms with E-state index in [1.807, 2.05) is 68.4 Å². The molecule has 2 aromatic carbocycles. The van der Waals surface area contributed by atoms with Crippen molar-refractivity contribution in [2.24, 2.45) is 5.41 Å². The van der Waals surface area contributed by atoms with Crippen molar-refractivity contribution < 1.29 is 14.6 Å². The van der Waals surface area contributed by atoms with Gasteiger partial charge in [-0.25, -0.2) is 0 Å². The number of aromatic nitrogens is 1. The number of aliphatic carboxylic acids is 1. The molecule has 172 valence electrons. The molecule has 33 heavy (non-hydrogen) atoms. The number of benzene rings is 2. The van der Waals surface area contributed by atoms with Gasteiger partial charge in [0.2, 0.25) is 0 Å². The minimum absolute atomic E-state index is 0.0312. The summed E-state index contributed by atoms with van der Waals surface area (Å²) in [6.45, 7) is 10.4. The highest BCUT2D eigenvalue weighted by Gasteiger charge is 2.30. The number of hydrogen-bond donors (Lipinski definition) is 1. The molecule has 1 aromatic heterocycles. The van der Waals surface area contributed by atoms with E-state index in [2.05, 4.69) is 18.7 Å². The van der Waals surface area contributed by atoms with E-state index in [0.717, 1.165) is 71.2 Å².